The van der Waals surface area contributed by atoms with Crippen LogP contribution in [-0.2, 0) is 6.18 Å². The number of benzene rings is 3. The van der Waals surface area contributed by atoms with Crippen LogP contribution in [0.15, 0.2) is 85.1 Å². The van der Waals surface area contributed by atoms with Gasteiger partial charge in [-0.15, -0.1) is 0 Å². The molecule has 1 heterocycles. The van der Waals surface area contributed by atoms with Gasteiger partial charge in [-0.2, -0.15) is 13.2 Å². The summed E-state index contributed by atoms with van der Waals surface area (Å²) >= 11 is 0. The molecule has 4 aromatic rings. The summed E-state index contributed by atoms with van der Waals surface area (Å²) in [4.78, 5) is 16.7. The Balaban J connectivity index is 1.48. The molecule has 0 unspecified atom stereocenters. The van der Waals surface area contributed by atoms with E-state index in [2.05, 4.69) is 10.3 Å². The van der Waals surface area contributed by atoms with Gasteiger partial charge in [-0.25, -0.2) is 0 Å². The molecule has 1 aromatic heterocycles. The Bertz CT molecular complexity index is 1260. The van der Waals surface area contributed by atoms with Gasteiger partial charge in [0.05, 0.1) is 17.4 Å². The van der Waals surface area contributed by atoms with E-state index in [4.69, 9.17) is 0 Å². The minimum Gasteiger partial charge on any atom is -0.387 e. The summed E-state index contributed by atoms with van der Waals surface area (Å²) in [7, 11) is 0. The summed E-state index contributed by atoms with van der Waals surface area (Å²) in [5.41, 5.74) is 1.76. The van der Waals surface area contributed by atoms with Crippen molar-refractivity contribution < 1.29 is 23.1 Å². The standard InChI is InChI=1S/C26H21F3N2O2/c27-26(28,29)20-10-7-17(8-11-20)21-5-3-4-18-16-19(9-12-22(18)21)25(33)31-15-13-24(32)23-6-1-2-14-30-23/h1-12,14,16,24,32H,13,15H2,(H,31,33)/t24-/m0/s1. The van der Waals surface area contributed by atoms with Crippen LogP contribution in [0.25, 0.3) is 21.9 Å². The highest BCUT2D eigenvalue weighted by Gasteiger charge is 2.30. The van der Waals surface area contributed by atoms with E-state index >= 15 is 0 Å². The van der Waals surface area contributed by atoms with Crippen molar-refractivity contribution in [1.82, 2.24) is 10.3 Å². The van der Waals surface area contributed by atoms with E-state index in [1.807, 2.05) is 12.1 Å². The number of hydrogen-bond acceptors (Lipinski definition) is 3. The summed E-state index contributed by atoms with van der Waals surface area (Å²) < 4.78 is 38.6. The molecule has 4 nitrogen and oxygen atoms in total. The molecule has 0 saturated carbocycles. The van der Waals surface area contributed by atoms with Crippen molar-refractivity contribution in [2.45, 2.75) is 18.7 Å². The van der Waals surface area contributed by atoms with E-state index in [1.54, 1.807) is 48.7 Å². The van der Waals surface area contributed by atoms with Gasteiger partial charge in [-0.1, -0.05) is 42.5 Å². The van der Waals surface area contributed by atoms with Crippen LogP contribution in [0.1, 0.15) is 34.1 Å². The molecule has 4 rings (SSSR count). The lowest BCUT2D eigenvalue weighted by atomic mass is 9.96. The Morgan fingerprint density at radius 3 is 2.45 bits per heavy atom. The zero-order valence-electron chi connectivity index (χ0n) is 17.5. The van der Waals surface area contributed by atoms with Gasteiger partial charge in [-0.05, 0) is 64.7 Å². The molecule has 1 atom stereocenters. The van der Waals surface area contributed by atoms with E-state index in [9.17, 15) is 23.1 Å². The van der Waals surface area contributed by atoms with Crippen LogP contribution >= 0.6 is 0 Å². The van der Waals surface area contributed by atoms with Crippen LogP contribution < -0.4 is 5.32 Å². The first-order valence-electron chi connectivity index (χ1n) is 10.4. The zero-order chi connectivity index (χ0) is 23.4. The number of alkyl halides is 3. The highest BCUT2D eigenvalue weighted by atomic mass is 19.4. The number of fused-ring (bicyclic) bond motifs is 1. The van der Waals surface area contributed by atoms with Crippen molar-refractivity contribution >= 4 is 16.7 Å². The predicted octanol–water partition coefficient (Wildman–Crippen LogP) is 5.77. The van der Waals surface area contributed by atoms with Gasteiger partial charge in [0.15, 0.2) is 0 Å². The molecule has 7 heteroatoms. The third-order valence-corrected chi connectivity index (χ3v) is 5.40. The number of aromatic nitrogens is 1. The lowest BCUT2D eigenvalue weighted by Crippen LogP contribution is -2.25. The minimum atomic E-state index is -4.38. The van der Waals surface area contributed by atoms with Crippen LogP contribution in [0.3, 0.4) is 0 Å². The van der Waals surface area contributed by atoms with Crippen LogP contribution in [0.5, 0.6) is 0 Å². The lowest BCUT2D eigenvalue weighted by Gasteiger charge is -2.12. The maximum Gasteiger partial charge on any atom is 0.416 e. The molecular weight excluding hydrogens is 429 g/mol. The predicted molar refractivity (Wildman–Crippen MR) is 121 cm³/mol. The fourth-order valence-corrected chi connectivity index (χ4v) is 3.66. The van der Waals surface area contributed by atoms with Crippen LogP contribution in [0.2, 0.25) is 0 Å². The van der Waals surface area contributed by atoms with Crippen LogP contribution in [0.4, 0.5) is 13.2 Å². The topological polar surface area (TPSA) is 62.2 Å². The first-order valence-corrected chi connectivity index (χ1v) is 10.4. The number of aliphatic hydroxyl groups is 1. The monoisotopic (exact) mass is 450 g/mol. The molecule has 0 bridgehead atoms. The SMILES string of the molecule is O=C(NCC[C@H](O)c1ccccn1)c1ccc2c(-c3ccc(C(F)(F)F)cc3)cccc2c1. The second kappa shape index (κ2) is 9.42. The number of aliphatic hydroxyl groups excluding tert-OH is 1. The number of hydrogen-bond donors (Lipinski definition) is 2. The molecule has 33 heavy (non-hydrogen) atoms. The summed E-state index contributed by atoms with van der Waals surface area (Å²) in [5.74, 6) is -0.273. The average molecular weight is 450 g/mol. The third-order valence-electron chi connectivity index (χ3n) is 5.40. The summed E-state index contributed by atoms with van der Waals surface area (Å²) in [6.45, 7) is 0.278. The molecular formula is C26H21F3N2O2. The van der Waals surface area contributed by atoms with Crippen molar-refractivity contribution in [3.05, 3.63) is 102 Å². The molecule has 0 spiro atoms. The molecule has 0 aliphatic carbocycles. The Hall–Kier alpha value is -3.71. The number of halogens is 3. The summed E-state index contributed by atoms with van der Waals surface area (Å²) in [6.07, 6.45) is -3.22. The van der Waals surface area contributed by atoms with Gasteiger partial charge in [0.2, 0.25) is 0 Å². The summed E-state index contributed by atoms with van der Waals surface area (Å²) in [6, 6.07) is 21.0. The van der Waals surface area contributed by atoms with Crippen molar-refractivity contribution in [2.24, 2.45) is 0 Å². The second-order valence-electron chi connectivity index (χ2n) is 7.63. The molecule has 168 valence electrons. The molecule has 3 aromatic carbocycles. The van der Waals surface area contributed by atoms with Gasteiger partial charge in [0, 0.05) is 18.3 Å². The van der Waals surface area contributed by atoms with Gasteiger partial charge in [-0.3, -0.25) is 9.78 Å². The Morgan fingerprint density at radius 1 is 0.970 bits per heavy atom. The Morgan fingerprint density at radius 2 is 1.76 bits per heavy atom. The molecule has 1 amide bonds. The van der Waals surface area contributed by atoms with Gasteiger partial charge in [0.1, 0.15) is 0 Å². The number of nitrogens with zero attached hydrogens (tertiary/aromatic N) is 1. The van der Waals surface area contributed by atoms with Crippen molar-refractivity contribution in [1.29, 1.82) is 0 Å². The molecule has 0 aliphatic heterocycles. The van der Waals surface area contributed by atoms with Crippen molar-refractivity contribution in [3.8, 4) is 11.1 Å². The zero-order valence-corrected chi connectivity index (χ0v) is 17.5. The average Bonchev–Trinajstić information content (AvgIpc) is 2.83. The number of rotatable bonds is 6. The highest BCUT2D eigenvalue weighted by molar-refractivity contribution is 6.02. The van der Waals surface area contributed by atoms with E-state index in [1.165, 1.54) is 12.1 Å². The maximum absolute atomic E-state index is 12.9. The number of pyridine rings is 1. The maximum atomic E-state index is 12.9. The number of amides is 1. The molecule has 2 N–H and O–H groups in total. The van der Waals surface area contributed by atoms with Gasteiger partial charge in [0.25, 0.3) is 5.91 Å². The first-order chi connectivity index (χ1) is 15.8. The van der Waals surface area contributed by atoms with Crippen LogP contribution in [0, 0.1) is 0 Å². The minimum absolute atomic E-state index is 0.273. The van der Waals surface area contributed by atoms with E-state index in [0.29, 0.717) is 23.2 Å². The first kappa shape index (κ1) is 22.5. The van der Waals surface area contributed by atoms with Crippen LogP contribution in [-0.4, -0.2) is 22.5 Å². The fraction of sp³-hybridized carbons (Fsp3) is 0.154. The van der Waals surface area contributed by atoms with Gasteiger partial charge >= 0.3 is 6.18 Å². The fourth-order valence-electron chi connectivity index (χ4n) is 3.66. The quantitative estimate of drug-likeness (QED) is 0.392. The lowest BCUT2D eigenvalue weighted by molar-refractivity contribution is -0.137. The molecule has 0 saturated heterocycles. The van der Waals surface area contributed by atoms with Crippen molar-refractivity contribution in [3.63, 3.8) is 0 Å². The number of carbonyl (C=O) groups excluding carboxylic acids is 1. The van der Waals surface area contributed by atoms with E-state index < -0.39 is 17.8 Å². The van der Waals surface area contributed by atoms with Gasteiger partial charge < -0.3 is 10.4 Å². The van der Waals surface area contributed by atoms with E-state index in [0.717, 1.165) is 28.5 Å². The highest BCUT2D eigenvalue weighted by Crippen LogP contribution is 2.33. The molecule has 0 fully saturated rings. The third kappa shape index (κ3) is 5.21. The largest absolute Gasteiger partial charge is 0.416 e. The normalized spacial score (nSPS) is 12.5. The molecule has 0 radical (unpaired) electrons. The Labute approximate surface area is 188 Å². The number of carbonyl (C=O) groups is 1. The summed E-state index contributed by atoms with van der Waals surface area (Å²) in [5, 5.41) is 14.6. The number of nitrogens with one attached hydrogen (secondary N) is 1. The smallest absolute Gasteiger partial charge is 0.387 e. The van der Waals surface area contributed by atoms with Crippen molar-refractivity contribution in [2.75, 3.05) is 6.54 Å². The van der Waals surface area contributed by atoms with E-state index in [-0.39, 0.29) is 12.5 Å². The molecule has 0 aliphatic rings. The Kier molecular flexibility index (Phi) is 6.42. The second-order valence-corrected chi connectivity index (χ2v) is 7.63.